The summed E-state index contributed by atoms with van der Waals surface area (Å²) in [5.41, 5.74) is 4.83. The van der Waals surface area contributed by atoms with Gasteiger partial charge in [-0.25, -0.2) is 4.68 Å². The average molecular weight is 186 g/mol. The summed E-state index contributed by atoms with van der Waals surface area (Å²) in [6.45, 7) is -0.0104. The predicted molar refractivity (Wildman–Crippen MR) is 42.5 cm³/mol. The van der Waals surface area contributed by atoms with Crippen molar-refractivity contribution >= 4 is 11.9 Å². The Morgan fingerprint density at radius 3 is 3.00 bits per heavy atom. The molecule has 0 saturated heterocycles. The highest BCUT2D eigenvalue weighted by Crippen LogP contribution is 1.95. The molecule has 0 aliphatic heterocycles. The number of aromatic nitrogens is 4. The number of aliphatic hydroxyl groups excluding tert-OH is 1. The molecule has 1 amide bonds. The lowest BCUT2D eigenvalue weighted by atomic mass is 10.3. The van der Waals surface area contributed by atoms with E-state index in [0.717, 1.165) is 0 Å². The van der Waals surface area contributed by atoms with Gasteiger partial charge in [0.25, 0.3) is 0 Å². The molecular weight excluding hydrogens is 176 g/mol. The number of nitrogens with two attached hydrogens (primary N) is 1. The molecule has 0 aromatic carbocycles. The minimum atomic E-state index is -1.24. The Morgan fingerprint density at radius 2 is 2.54 bits per heavy atom. The molecule has 0 saturated carbocycles. The molecule has 1 rings (SSSR count). The SMILES string of the molecule is Cn1nnnc1NCC(O)C(N)=O. The molecule has 1 atom stereocenters. The second-order valence-corrected chi connectivity index (χ2v) is 2.43. The fourth-order valence-corrected chi connectivity index (χ4v) is 0.668. The van der Waals surface area contributed by atoms with E-state index in [1.54, 1.807) is 7.05 Å². The van der Waals surface area contributed by atoms with E-state index in [9.17, 15) is 4.79 Å². The van der Waals surface area contributed by atoms with Gasteiger partial charge in [0.05, 0.1) is 6.54 Å². The van der Waals surface area contributed by atoms with Gasteiger partial charge in [0.2, 0.25) is 11.9 Å². The van der Waals surface area contributed by atoms with Crippen molar-refractivity contribution in [1.82, 2.24) is 20.2 Å². The Morgan fingerprint density at radius 1 is 1.85 bits per heavy atom. The zero-order chi connectivity index (χ0) is 9.84. The Labute approximate surface area is 73.7 Å². The molecular formula is C5H10N6O2. The fourth-order valence-electron chi connectivity index (χ4n) is 0.668. The molecule has 1 unspecified atom stereocenters. The Hall–Kier alpha value is -1.70. The number of rotatable bonds is 4. The number of hydrogen-bond acceptors (Lipinski definition) is 6. The van der Waals surface area contributed by atoms with Crippen molar-refractivity contribution in [1.29, 1.82) is 0 Å². The highest BCUT2D eigenvalue weighted by Gasteiger charge is 2.11. The van der Waals surface area contributed by atoms with Gasteiger partial charge in [0.1, 0.15) is 6.10 Å². The van der Waals surface area contributed by atoms with Crippen LogP contribution in [0.3, 0.4) is 0 Å². The van der Waals surface area contributed by atoms with Gasteiger partial charge in [0.15, 0.2) is 0 Å². The predicted octanol–water partition coefficient (Wildman–Crippen LogP) is -2.53. The van der Waals surface area contributed by atoms with Crippen molar-refractivity contribution in [3.63, 3.8) is 0 Å². The summed E-state index contributed by atoms with van der Waals surface area (Å²) in [6, 6.07) is 0. The van der Waals surface area contributed by atoms with E-state index in [4.69, 9.17) is 10.8 Å². The van der Waals surface area contributed by atoms with Crippen LogP contribution in [0, 0.1) is 0 Å². The van der Waals surface area contributed by atoms with E-state index in [1.165, 1.54) is 4.68 Å². The number of aryl methyl sites for hydroxylation is 1. The van der Waals surface area contributed by atoms with Crippen molar-refractivity contribution in [2.45, 2.75) is 6.10 Å². The standard InChI is InChI=1S/C5H10N6O2/c1-11-5(8-9-10-11)7-2-3(12)4(6)13/h3,12H,2H2,1H3,(H2,6,13)(H,7,8,10). The van der Waals surface area contributed by atoms with Gasteiger partial charge in [0, 0.05) is 7.05 Å². The molecule has 8 heteroatoms. The zero-order valence-electron chi connectivity index (χ0n) is 7.01. The van der Waals surface area contributed by atoms with Crippen molar-refractivity contribution in [2.24, 2.45) is 12.8 Å². The van der Waals surface area contributed by atoms with Crippen LogP contribution in [0.4, 0.5) is 5.95 Å². The first-order chi connectivity index (χ1) is 6.11. The molecule has 0 aliphatic rings. The van der Waals surface area contributed by atoms with E-state index in [1.807, 2.05) is 0 Å². The van der Waals surface area contributed by atoms with Gasteiger partial charge >= 0.3 is 0 Å². The maximum Gasteiger partial charge on any atom is 0.248 e. The van der Waals surface area contributed by atoms with E-state index in [-0.39, 0.29) is 6.54 Å². The van der Waals surface area contributed by atoms with Crippen LogP contribution in [0.5, 0.6) is 0 Å². The summed E-state index contributed by atoms with van der Waals surface area (Å²) >= 11 is 0. The van der Waals surface area contributed by atoms with Crippen LogP contribution in [0.1, 0.15) is 0 Å². The van der Waals surface area contributed by atoms with E-state index < -0.39 is 12.0 Å². The van der Waals surface area contributed by atoms with Gasteiger partial charge in [-0.05, 0) is 10.4 Å². The maximum absolute atomic E-state index is 10.4. The van der Waals surface area contributed by atoms with Crippen molar-refractivity contribution in [2.75, 3.05) is 11.9 Å². The van der Waals surface area contributed by atoms with Crippen molar-refractivity contribution < 1.29 is 9.90 Å². The van der Waals surface area contributed by atoms with Crippen LogP contribution in [-0.2, 0) is 11.8 Å². The van der Waals surface area contributed by atoms with Gasteiger partial charge in [-0.3, -0.25) is 4.79 Å². The largest absolute Gasteiger partial charge is 0.381 e. The number of anilines is 1. The minimum Gasteiger partial charge on any atom is -0.381 e. The maximum atomic E-state index is 10.4. The number of tetrazole rings is 1. The van der Waals surface area contributed by atoms with E-state index >= 15 is 0 Å². The molecule has 1 aromatic heterocycles. The molecule has 13 heavy (non-hydrogen) atoms. The van der Waals surface area contributed by atoms with Gasteiger partial charge < -0.3 is 16.2 Å². The van der Waals surface area contributed by atoms with Crippen molar-refractivity contribution in [3.05, 3.63) is 0 Å². The number of amides is 1. The molecule has 0 fully saturated rings. The van der Waals surface area contributed by atoms with Crippen LogP contribution in [-0.4, -0.2) is 43.9 Å². The summed E-state index contributed by atoms with van der Waals surface area (Å²) in [5, 5.41) is 22.1. The molecule has 0 spiro atoms. The highest BCUT2D eigenvalue weighted by atomic mass is 16.3. The van der Waals surface area contributed by atoms with Gasteiger partial charge in [-0.15, -0.1) is 0 Å². The third-order valence-electron chi connectivity index (χ3n) is 1.40. The summed E-state index contributed by atoms with van der Waals surface area (Å²) in [7, 11) is 1.62. The molecule has 0 aliphatic carbocycles. The lowest BCUT2D eigenvalue weighted by molar-refractivity contribution is -0.125. The molecule has 0 bridgehead atoms. The first-order valence-electron chi connectivity index (χ1n) is 3.55. The minimum absolute atomic E-state index is 0.0104. The Bertz CT molecular complexity index is 297. The molecule has 1 heterocycles. The number of nitrogens with one attached hydrogen (secondary N) is 1. The number of primary amides is 1. The summed E-state index contributed by atoms with van der Waals surface area (Å²) in [6.07, 6.45) is -1.24. The normalized spacial score (nSPS) is 12.5. The van der Waals surface area contributed by atoms with Gasteiger partial charge in [-0.2, -0.15) is 0 Å². The van der Waals surface area contributed by atoms with Crippen LogP contribution < -0.4 is 11.1 Å². The lowest BCUT2D eigenvalue weighted by Crippen LogP contribution is -2.34. The molecule has 4 N–H and O–H groups in total. The number of carbonyl (C=O) groups excluding carboxylic acids is 1. The molecule has 0 radical (unpaired) electrons. The van der Waals surface area contributed by atoms with Gasteiger partial charge in [-0.1, -0.05) is 5.10 Å². The van der Waals surface area contributed by atoms with E-state index in [2.05, 4.69) is 20.8 Å². The monoisotopic (exact) mass is 186 g/mol. The third-order valence-corrected chi connectivity index (χ3v) is 1.40. The average Bonchev–Trinajstić information content (AvgIpc) is 2.47. The summed E-state index contributed by atoms with van der Waals surface area (Å²) in [5.74, 6) is -0.428. The second kappa shape index (κ2) is 3.81. The summed E-state index contributed by atoms with van der Waals surface area (Å²) in [4.78, 5) is 10.4. The first-order valence-corrected chi connectivity index (χ1v) is 3.55. The Balaban J connectivity index is 2.44. The van der Waals surface area contributed by atoms with Crippen LogP contribution in [0.15, 0.2) is 0 Å². The highest BCUT2D eigenvalue weighted by molar-refractivity contribution is 5.79. The third kappa shape index (κ3) is 2.37. The van der Waals surface area contributed by atoms with Crippen LogP contribution >= 0.6 is 0 Å². The second-order valence-electron chi connectivity index (χ2n) is 2.43. The topological polar surface area (TPSA) is 119 Å². The quantitative estimate of drug-likeness (QED) is 0.477. The van der Waals surface area contributed by atoms with Crippen LogP contribution in [0.25, 0.3) is 0 Å². The molecule has 72 valence electrons. The number of carbonyl (C=O) groups is 1. The van der Waals surface area contributed by atoms with Crippen LogP contribution in [0.2, 0.25) is 0 Å². The fraction of sp³-hybridized carbons (Fsp3) is 0.600. The van der Waals surface area contributed by atoms with Crippen molar-refractivity contribution in [3.8, 4) is 0 Å². The lowest BCUT2D eigenvalue weighted by Gasteiger charge is -2.06. The number of nitrogens with zero attached hydrogens (tertiary/aromatic N) is 4. The Kier molecular flexibility index (Phi) is 2.75. The van der Waals surface area contributed by atoms with E-state index in [0.29, 0.717) is 5.95 Å². The molecule has 1 aromatic rings. The number of aliphatic hydroxyl groups is 1. The molecule has 8 nitrogen and oxygen atoms in total. The first kappa shape index (κ1) is 9.39. The summed E-state index contributed by atoms with van der Waals surface area (Å²) < 4.78 is 1.37. The smallest absolute Gasteiger partial charge is 0.248 e. The zero-order valence-corrected chi connectivity index (χ0v) is 7.01. The number of hydrogen-bond donors (Lipinski definition) is 3.